The van der Waals surface area contributed by atoms with E-state index >= 15 is 0 Å². The summed E-state index contributed by atoms with van der Waals surface area (Å²) in [6, 6.07) is 10.9. The molecule has 0 saturated carbocycles. The van der Waals surface area contributed by atoms with Gasteiger partial charge in [-0.25, -0.2) is 0 Å². The van der Waals surface area contributed by atoms with Gasteiger partial charge in [-0.3, -0.25) is 0 Å². The van der Waals surface area contributed by atoms with Gasteiger partial charge in [-0.2, -0.15) is 0 Å². The molecule has 3 heteroatoms. The third-order valence-electron chi connectivity index (χ3n) is 9.06. The Morgan fingerprint density at radius 1 is 1.13 bits per heavy atom. The molecule has 1 aromatic rings. The van der Waals surface area contributed by atoms with E-state index in [1.54, 1.807) is 12.7 Å². The molecule has 4 atom stereocenters. The van der Waals surface area contributed by atoms with E-state index in [2.05, 4.69) is 129 Å². The first-order valence-electron chi connectivity index (χ1n) is 15.1. The summed E-state index contributed by atoms with van der Waals surface area (Å²) in [5, 5.41) is 0. The van der Waals surface area contributed by atoms with Gasteiger partial charge in [0.15, 0.2) is 0 Å². The molecule has 0 aromatic heterocycles. The Morgan fingerprint density at radius 3 is 2.41 bits per heavy atom. The first kappa shape index (κ1) is 33.1. The van der Waals surface area contributed by atoms with Crippen molar-refractivity contribution in [3.63, 3.8) is 0 Å². The topological polar surface area (TPSA) is 18.5 Å². The lowest BCUT2D eigenvalue weighted by atomic mass is 9.74. The van der Waals surface area contributed by atoms with E-state index in [1.807, 2.05) is 0 Å². The third kappa shape index (κ3) is 9.50. The largest absolute Gasteiger partial charge is 0.427 e. The van der Waals surface area contributed by atoms with Crippen molar-refractivity contribution in [2.75, 3.05) is 7.11 Å². The van der Waals surface area contributed by atoms with Crippen molar-refractivity contribution in [1.82, 2.24) is 0 Å². The molecule has 0 fully saturated rings. The summed E-state index contributed by atoms with van der Waals surface area (Å²) >= 11 is 0. The van der Waals surface area contributed by atoms with Crippen molar-refractivity contribution in [3.05, 3.63) is 95.5 Å². The predicted octanol–water partition coefficient (Wildman–Crippen LogP) is 9.71. The van der Waals surface area contributed by atoms with Gasteiger partial charge in [0.2, 0.25) is 0 Å². The van der Waals surface area contributed by atoms with Gasteiger partial charge >= 0.3 is 7.48 Å². The van der Waals surface area contributed by atoms with Crippen molar-refractivity contribution in [3.8, 4) is 0 Å². The lowest BCUT2D eigenvalue weighted by molar-refractivity contribution is -0.114. The summed E-state index contributed by atoms with van der Waals surface area (Å²) in [7, 11) is 2.36. The number of ether oxygens (including phenoxy) is 1. The number of rotatable bonds is 16. The van der Waals surface area contributed by atoms with E-state index in [-0.39, 0.29) is 11.2 Å². The van der Waals surface area contributed by atoms with Crippen molar-refractivity contribution < 1.29 is 9.39 Å². The van der Waals surface area contributed by atoms with Crippen molar-refractivity contribution in [2.24, 2.45) is 17.8 Å². The minimum absolute atomic E-state index is 0.361. The Hall–Kier alpha value is -2.10. The van der Waals surface area contributed by atoms with E-state index in [0.29, 0.717) is 31.2 Å². The van der Waals surface area contributed by atoms with E-state index in [9.17, 15) is 0 Å². The van der Waals surface area contributed by atoms with Crippen LogP contribution in [-0.2, 0) is 9.39 Å². The summed E-state index contributed by atoms with van der Waals surface area (Å²) < 4.78 is 12.1. The summed E-state index contributed by atoms with van der Waals surface area (Å²) in [5.41, 5.74) is 4.85. The highest BCUT2D eigenvalue weighted by Gasteiger charge is 2.38. The van der Waals surface area contributed by atoms with Crippen LogP contribution in [0.2, 0.25) is 0 Å². The molecule has 214 valence electrons. The molecule has 0 heterocycles. The highest BCUT2D eigenvalue weighted by atomic mass is 16.5. The van der Waals surface area contributed by atoms with Crippen LogP contribution < -0.4 is 0 Å². The zero-order valence-corrected chi connectivity index (χ0v) is 26.4. The van der Waals surface area contributed by atoms with Gasteiger partial charge in [0.1, 0.15) is 0 Å². The Bertz CT molecular complexity index is 1010. The zero-order chi connectivity index (χ0) is 29.1. The molecular weight excluding hydrogens is 475 g/mol. The van der Waals surface area contributed by atoms with Gasteiger partial charge in [0, 0.05) is 13.0 Å². The molecule has 2 nitrogen and oxygen atoms in total. The van der Waals surface area contributed by atoms with Gasteiger partial charge in [-0.15, -0.1) is 0 Å². The Labute approximate surface area is 241 Å². The van der Waals surface area contributed by atoms with Crippen LogP contribution in [0, 0.1) is 17.8 Å². The van der Waals surface area contributed by atoms with Crippen LogP contribution in [0.3, 0.4) is 0 Å². The Kier molecular flexibility index (Phi) is 13.3. The third-order valence-corrected chi connectivity index (χ3v) is 9.06. The molecule has 0 bridgehead atoms. The molecule has 0 aliphatic heterocycles. The molecule has 0 saturated heterocycles. The minimum atomic E-state index is -0.387. The van der Waals surface area contributed by atoms with Crippen LogP contribution in [0.15, 0.2) is 90.0 Å². The Morgan fingerprint density at radius 2 is 1.82 bits per heavy atom. The smallest absolute Gasteiger partial charge is 0.309 e. The maximum atomic E-state index is 6.37. The second-order valence-corrected chi connectivity index (χ2v) is 12.4. The monoisotopic (exact) mass is 530 g/mol. The molecule has 1 aliphatic rings. The van der Waals surface area contributed by atoms with Gasteiger partial charge in [0.05, 0.1) is 11.2 Å². The van der Waals surface area contributed by atoms with Crippen LogP contribution in [0.5, 0.6) is 0 Å². The number of allylic oxidation sites excluding steroid dienone is 9. The normalized spacial score (nSPS) is 19.3. The lowest BCUT2D eigenvalue weighted by Crippen LogP contribution is -2.49. The number of hydrogen-bond donors (Lipinski definition) is 0. The van der Waals surface area contributed by atoms with Gasteiger partial charge in [0.25, 0.3) is 0 Å². The summed E-state index contributed by atoms with van der Waals surface area (Å²) in [5.74, 6) is 1.89. The SMILES string of the molecule is C=C/C(=C\C)[C@@H](C[C@H](C)c1ccccc1)/C(=C\CC1C=C(BOC(C)(C)C(C)(C)OC)C=CC1)[C@@H](C)CCC. The second-order valence-electron chi connectivity index (χ2n) is 12.4. The van der Waals surface area contributed by atoms with Gasteiger partial charge < -0.3 is 9.39 Å². The summed E-state index contributed by atoms with van der Waals surface area (Å²) in [6.07, 6.45) is 19.5. The second kappa shape index (κ2) is 15.6. The number of methoxy groups -OCH3 is 1. The van der Waals surface area contributed by atoms with Gasteiger partial charge in [-0.1, -0.05) is 112 Å². The van der Waals surface area contributed by atoms with Crippen LogP contribution in [0.1, 0.15) is 99.0 Å². The molecule has 0 N–H and O–H groups in total. The van der Waals surface area contributed by atoms with Gasteiger partial charge in [-0.05, 0) is 89.2 Å². The van der Waals surface area contributed by atoms with Crippen molar-refractivity contribution in [1.29, 1.82) is 0 Å². The van der Waals surface area contributed by atoms with Crippen LogP contribution >= 0.6 is 0 Å². The van der Waals surface area contributed by atoms with E-state index in [1.165, 1.54) is 29.5 Å². The number of hydrogen-bond acceptors (Lipinski definition) is 2. The maximum absolute atomic E-state index is 6.37. The highest BCUT2D eigenvalue weighted by Crippen LogP contribution is 2.38. The van der Waals surface area contributed by atoms with Crippen LogP contribution in [0.25, 0.3) is 0 Å². The first-order valence-corrected chi connectivity index (χ1v) is 15.1. The van der Waals surface area contributed by atoms with Crippen LogP contribution in [-0.4, -0.2) is 25.8 Å². The van der Waals surface area contributed by atoms with Crippen molar-refractivity contribution in [2.45, 2.75) is 105 Å². The molecular formula is C36H55BO2. The average Bonchev–Trinajstić information content (AvgIpc) is 2.93. The average molecular weight is 531 g/mol. The first-order chi connectivity index (χ1) is 18.5. The molecule has 0 radical (unpaired) electrons. The molecule has 0 amide bonds. The Balaban J connectivity index is 2.29. The number of benzene rings is 1. The van der Waals surface area contributed by atoms with Crippen LogP contribution in [0.4, 0.5) is 0 Å². The molecule has 39 heavy (non-hydrogen) atoms. The molecule has 0 spiro atoms. The van der Waals surface area contributed by atoms with E-state index < -0.39 is 0 Å². The predicted molar refractivity (Wildman–Crippen MR) is 172 cm³/mol. The fraction of sp³-hybridized carbons (Fsp3) is 0.556. The molecule has 1 unspecified atom stereocenters. The molecule has 2 rings (SSSR count). The lowest BCUT2D eigenvalue weighted by Gasteiger charge is -2.40. The minimum Gasteiger partial charge on any atom is -0.427 e. The maximum Gasteiger partial charge on any atom is 0.309 e. The van der Waals surface area contributed by atoms with Crippen molar-refractivity contribution >= 4 is 7.48 Å². The fourth-order valence-corrected chi connectivity index (χ4v) is 5.54. The quantitative estimate of drug-likeness (QED) is 0.120. The highest BCUT2D eigenvalue weighted by molar-refractivity contribution is 6.39. The standard InChI is InChI=1S/C36H55BO2/c1-11-18-27(4)33(34(30(12-2)13-3)25-28(5)31-20-15-14-16-21-31)24-23-29-19-17-22-32(26-29)37-39-36(8,9)35(6,7)38-10/h12-17,20-22,24,26-29,34,37H,2,11,18-19,23,25H2,1,3-10H3/b30-13+,33-24-/t27-,28-,29?,34+/m0/s1. The summed E-state index contributed by atoms with van der Waals surface area (Å²) in [6.45, 7) is 21.8. The van der Waals surface area contributed by atoms with E-state index in [0.717, 1.165) is 19.3 Å². The molecule has 1 aromatic carbocycles. The summed E-state index contributed by atoms with van der Waals surface area (Å²) in [4.78, 5) is 0. The fourth-order valence-electron chi connectivity index (χ4n) is 5.54. The van der Waals surface area contributed by atoms with E-state index in [4.69, 9.17) is 9.39 Å². The zero-order valence-electron chi connectivity index (χ0n) is 26.4. The molecule has 1 aliphatic carbocycles.